The minimum absolute atomic E-state index is 0.338. The highest BCUT2D eigenvalue weighted by molar-refractivity contribution is 5.17. The van der Waals surface area contributed by atoms with Crippen molar-refractivity contribution in [1.29, 1.82) is 0 Å². The molecule has 2 rings (SSSR count). The predicted molar refractivity (Wildman–Crippen MR) is 45.7 cm³/mol. The van der Waals surface area contributed by atoms with E-state index >= 15 is 0 Å². The normalized spacial score (nSPS) is 19.6. The molecular weight excluding hydrogens is 152 g/mol. The molecule has 1 aliphatic carbocycles. The van der Waals surface area contributed by atoms with Crippen LogP contribution in [0.2, 0.25) is 0 Å². The van der Waals surface area contributed by atoms with E-state index in [4.69, 9.17) is 0 Å². The van der Waals surface area contributed by atoms with Crippen LogP contribution in [0.4, 0.5) is 0 Å². The van der Waals surface area contributed by atoms with Gasteiger partial charge in [0.05, 0.1) is 5.69 Å². The van der Waals surface area contributed by atoms with E-state index in [0.29, 0.717) is 5.92 Å². The largest absolute Gasteiger partial charge is 0.386 e. The summed E-state index contributed by atoms with van der Waals surface area (Å²) in [5.41, 5.74) is 1.85. The van der Waals surface area contributed by atoms with Crippen LogP contribution in [0, 0.1) is 19.8 Å². The first kappa shape index (κ1) is 7.80. The van der Waals surface area contributed by atoms with Crippen LogP contribution in [0.3, 0.4) is 0 Å². The lowest BCUT2D eigenvalue weighted by Crippen LogP contribution is -2.01. The Morgan fingerprint density at radius 2 is 2.17 bits per heavy atom. The summed E-state index contributed by atoms with van der Waals surface area (Å²) >= 11 is 0. The summed E-state index contributed by atoms with van der Waals surface area (Å²) in [6, 6.07) is 0. The topological polar surface area (TPSA) is 48.9 Å². The van der Waals surface area contributed by atoms with Crippen molar-refractivity contribution in [3.05, 3.63) is 17.2 Å². The summed E-state index contributed by atoms with van der Waals surface area (Å²) in [5.74, 6) is 1.36. The molecule has 66 valence electrons. The molecule has 1 heterocycles. The molecule has 0 saturated heterocycles. The maximum Gasteiger partial charge on any atom is 0.103 e. The standard InChI is InChI=1S/C9H14N2O/c1-5-8(11-6(2)10-5)9(12)7-3-4-7/h7,9,12H,3-4H2,1-2H3,(H,10,11). The molecule has 1 aromatic rings. The number of H-pyrrole nitrogens is 1. The molecule has 1 aliphatic rings. The Morgan fingerprint density at radius 1 is 1.50 bits per heavy atom. The van der Waals surface area contributed by atoms with Crippen molar-refractivity contribution < 1.29 is 5.11 Å². The van der Waals surface area contributed by atoms with Crippen molar-refractivity contribution in [2.45, 2.75) is 32.8 Å². The van der Waals surface area contributed by atoms with Crippen molar-refractivity contribution in [3.8, 4) is 0 Å². The Kier molecular flexibility index (Phi) is 1.68. The van der Waals surface area contributed by atoms with Crippen molar-refractivity contribution >= 4 is 0 Å². The van der Waals surface area contributed by atoms with Crippen LogP contribution in [0.15, 0.2) is 0 Å². The lowest BCUT2D eigenvalue weighted by Gasteiger charge is -2.05. The molecule has 3 nitrogen and oxygen atoms in total. The molecule has 2 N–H and O–H groups in total. The van der Waals surface area contributed by atoms with E-state index < -0.39 is 0 Å². The number of aliphatic hydroxyl groups excluding tert-OH is 1. The number of hydrogen-bond donors (Lipinski definition) is 2. The molecule has 0 aromatic carbocycles. The van der Waals surface area contributed by atoms with Gasteiger partial charge in [-0.15, -0.1) is 0 Å². The smallest absolute Gasteiger partial charge is 0.103 e. The van der Waals surface area contributed by atoms with Gasteiger partial charge in [0.15, 0.2) is 0 Å². The monoisotopic (exact) mass is 166 g/mol. The first-order valence-corrected chi connectivity index (χ1v) is 4.39. The van der Waals surface area contributed by atoms with Gasteiger partial charge in [-0.3, -0.25) is 0 Å². The van der Waals surface area contributed by atoms with Gasteiger partial charge in [0.2, 0.25) is 0 Å². The molecule has 12 heavy (non-hydrogen) atoms. The van der Waals surface area contributed by atoms with Crippen molar-refractivity contribution in [1.82, 2.24) is 9.97 Å². The fraction of sp³-hybridized carbons (Fsp3) is 0.667. The second-order valence-corrected chi connectivity index (χ2v) is 3.61. The first-order chi connectivity index (χ1) is 5.68. The lowest BCUT2D eigenvalue weighted by atomic mass is 10.1. The molecular formula is C9H14N2O. The molecule has 1 saturated carbocycles. The quantitative estimate of drug-likeness (QED) is 0.699. The van der Waals surface area contributed by atoms with Gasteiger partial charge >= 0.3 is 0 Å². The van der Waals surface area contributed by atoms with E-state index in [2.05, 4.69) is 9.97 Å². The Hall–Kier alpha value is -0.830. The van der Waals surface area contributed by atoms with Gasteiger partial charge in [0, 0.05) is 5.69 Å². The van der Waals surface area contributed by atoms with E-state index in [0.717, 1.165) is 30.1 Å². The third-order valence-electron chi connectivity index (χ3n) is 2.39. The molecule has 1 unspecified atom stereocenters. The molecule has 1 atom stereocenters. The summed E-state index contributed by atoms with van der Waals surface area (Å²) in [7, 11) is 0. The van der Waals surface area contributed by atoms with Gasteiger partial charge in [-0.1, -0.05) is 0 Å². The molecule has 0 spiro atoms. The lowest BCUT2D eigenvalue weighted by molar-refractivity contribution is 0.149. The molecule has 0 aliphatic heterocycles. The average molecular weight is 166 g/mol. The fourth-order valence-corrected chi connectivity index (χ4v) is 1.55. The number of nitrogens with zero attached hydrogens (tertiary/aromatic N) is 1. The Labute approximate surface area is 71.8 Å². The van der Waals surface area contributed by atoms with Gasteiger partial charge in [-0.25, -0.2) is 4.98 Å². The molecule has 0 amide bonds. The summed E-state index contributed by atoms with van der Waals surface area (Å²) in [6.07, 6.45) is 1.95. The van der Waals surface area contributed by atoms with Gasteiger partial charge in [-0.2, -0.15) is 0 Å². The highest BCUT2D eigenvalue weighted by Crippen LogP contribution is 2.40. The predicted octanol–water partition coefficient (Wildman–Crippen LogP) is 1.47. The summed E-state index contributed by atoms with van der Waals surface area (Å²) in [5, 5.41) is 9.77. The maximum absolute atomic E-state index is 9.77. The zero-order valence-corrected chi connectivity index (χ0v) is 7.46. The third kappa shape index (κ3) is 1.25. The van der Waals surface area contributed by atoms with Crippen LogP contribution >= 0.6 is 0 Å². The average Bonchev–Trinajstić information content (AvgIpc) is 2.77. The Bertz CT molecular complexity index is 289. The van der Waals surface area contributed by atoms with Crippen LogP contribution in [0.5, 0.6) is 0 Å². The van der Waals surface area contributed by atoms with E-state index in [1.807, 2.05) is 13.8 Å². The number of aromatic amines is 1. The van der Waals surface area contributed by atoms with Gasteiger partial charge in [0.25, 0.3) is 0 Å². The SMILES string of the molecule is Cc1nc(C(O)C2CC2)c(C)[nH]1. The number of aryl methyl sites for hydroxylation is 2. The first-order valence-electron chi connectivity index (χ1n) is 4.39. The second kappa shape index (κ2) is 2.59. The summed E-state index contributed by atoms with van der Waals surface area (Å²) < 4.78 is 0. The Morgan fingerprint density at radius 3 is 2.58 bits per heavy atom. The Balaban J connectivity index is 2.25. The minimum Gasteiger partial charge on any atom is -0.386 e. The number of aliphatic hydroxyl groups is 1. The van der Waals surface area contributed by atoms with Gasteiger partial charge in [0.1, 0.15) is 11.9 Å². The number of hydrogen-bond acceptors (Lipinski definition) is 2. The minimum atomic E-state index is -0.338. The second-order valence-electron chi connectivity index (χ2n) is 3.61. The third-order valence-corrected chi connectivity index (χ3v) is 2.39. The number of imidazole rings is 1. The van der Waals surface area contributed by atoms with Crippen molar-refractivity contribution in [3.63, 3.8) is 0 Å². The zero-order chi connectivity index (χ0) is 8.72. The van der Waals surface area contributed by atoms with Crippen molar-refractivity contribution in [2.75, 3.05) is 0 Å². The van der Waals surface area contributed by atoms with E-state index in [9.17, 15) is 5.11 Å². The zero-order valence-electron chi connectivity index (χ0n) is 7.46. The molecule has 1 fully saturated rings. The summed E-state index contributed by atoms with van der Waals surface area (Å²) in [4.78, 5) is 7.37. The van der Waals surface area contributed by atoms with E-state index in [1.54, 1.807) is 0 Å². The van der Waals surface area contributed by atoms with Crippen LogP contribution in [0.25, 0.3) is 0 Å². The molecule has 1 aromatic heterocycles. The van der Waals surface area contributed by atoms with Crippen LogP contribution in [-0.4, -0.2) is 15.1 Å². The van der Waals surface area contributed by atoms with Crippen LogP contribution in [-0.2, 0) is 0 Å². The highest BCUT2D eigenvalue weighted by Gasteiger charge is 2.33. The highest BCUT2D eigenvalue weighted by atomic mass is 16.3. The van der Waals surface area contributed by atoms with Crippen molar-refractivity contribution in [2.24, 2.45) is 5.92 Å². The van der Waals surface area contributed by atoms with E-state index in [-0.39, 0.29) is 6.10 Å². The number of nitrogens with one attached hydrogen (secondary N) is 1. The van der Waals surface area contributed by atoms with Gasteiger partial charge in [-0.05, 0) is 32.6 Å². The van der Waals surface area contributed by atoms with Crippen LogP contribution < -0.4 is 0 Å². The van der Waals surface area contributed by atoms with Crippen LogP contribution in [0.1, 0.15) is 36.2 Å². The maximum atomic E-state index is 9.77. The number of aromatic nitrogens is 2. The van der Waals surface area contributed by atoms with E-state index in [1.165, 1.54) is 0 Å². The molecule has 0 radical (unpaired) electrons. The molecule has 0 bridgehead atoms. The summed E-state index contributed by atoms with van der Waals surface area (Å²) in [6.45, 7) is 3.87. The molecule has 3 heteroatoms. The fourth-order valence-electron chi connectivity index (χ4n) is 1.55. The van der Waals surface area contributed by atoms with Gasteiger partial charge < -0.3 is 10.1 Å². The number of rotatable bonds is 2.